The van der Waals surface area contributed by atoms with E-state index in [1.54, 1.807) is 0 Å². The van der Waals surface area contributed by atoms with Gasteiger partial charge in [-0.3, -0.25) is 4.99 Å². The molecule has 7 heavy (non-hydrogen) atoms. The molecule has 0 aromatic heterocycles. The number of hydrogen-bond donors (Lipinski definition) is 1. The molecule has 1 N–H and O–H groups in total. The average Bonchev–Trinajstić information content (AvgIpc) is 1.68. The summed E-state index contributed by atoms with van der Waals surface area (Å²) in [5.74, 6) is 0. The number of rotatable bonds is 2. The molecule has 2 heteroatoms. The van der Waals surface area contributed by atoms with Gasteiger partial charge in [-0.05, 0) is 13.3 Å². The van der Waals surface area contributed by atoms with Gasteiger partial charge in [0.15, 0.2) is 0 Å². The van der Waals surface area contributed by atoms with Crippen molar-refractivity contribution in [2.24, 2.45) is 4.99 Å². The van der Waals surface area contributed by atoms with Gasteiger partial charge in [-0.2, -0.15) is 0 Å². The topological polar surface area (TPSA) is 32.6 Å². The van der Waals surface area contributed by atoms with Gasteiger partial charge in [0.2, 0.25) is 0 Å². The van der Waals surface area contributed by atoms with Crippen molar-refractivity contribution < 1.29 is 5.11 Å². The number of aliphatic hydroxyl groups is 1. The van der Waals surface area contributed by atoms with Crippen LogP contribution in [-0.4, -0.2) is 17.5 Å². The molecule has 0 fully saturated rings. The molecule has 0 aliphatic rings. The Bertz CT molecular complexity index is 68.5. The molecule has 0 aromatic rings. The van der Waals surface area contributed by atoms with Gasteiger partial charge >= 0.3 is 0 Å². The lowest BCUT2D eigenvalue weighted by atomic mass is 10.3. The zero-order valence-electron chi connectivity index (χ0n) is 4.81. The molecule has 0 amide bonds. The fraction of sp³-hybridized carbons (Fsp3) is 0.800. The quantitative estimate of drug-likeness (QED) is 0.513. The van der Waals surface area contributed by atoms with E-state index < -0.39 is 0 Å². The Morgan fingerprint density at radius 1 is 1.71 bits per heavy atom. The highest BCUT2D eigenvalue weighted by Crippen LogP contribution is 1.80. The first kappa shape index (κ1) is 6.63. The van der Waals surface area contributed by atoms with Crippen molar-refractivity contribution in [1.82, 2.24) is 0 Å². The van der Waals surface area contributed by atoms with Gasteiger partial charge in [-0.25, -0.2) is 0 Å². The molecule has 0 heterocycles. The Labute approximate surface area is 43.9 Å². The van der Waals surface area contributed by atoms with Crippen LogP contribution < -0.4 is 0 Å². The summed E-state index contributed by atoms with van der Waals surface area (Å²) in [6.07, 6.45) is 0.931. The summed E-state index contributed by atoms with van der Waals surface area (Å²) in [5, 5.41) is 8.18. The molecular formula is C5H11NO. The van der Waals surface area contributed by atoms with Crippen LogP contribution in [0, 0.1) is 0 Å². The monoisotopic (exact) mass is 101 g/mol. The summed E-state index contributed by atoms with van der Waals surface area (Å²) < 4.78 is 0. The van der Waals surface area contributed by atoms with E-state index in [1.807, 2.05) is 13.8 Å². The van der Waals surface area contributed by atoms with Gasteiger partial charge in [0.1, 0.15) is 6.73 Å². The van der Waals surface area contributed by atoms with Crippen LogP contribution in [0.3, 0.4) is 0 Å². The van der Waals surface area contributed by atoms with Crippen LogP contribution in [-0.2, 0) is 0 Å². The highest BCUT2D eigenvalue weighted by atomic mass is 16.3. The Hall–Kier alpha value is -0.370. The van der Waals surface area contributed by atoms with Crippen molar-refractivity contribution in [3.05, 3.63) is 0 Å². The Balaban J connectivity index is 3.29. The largest absolute Gasteiger partial charge is 0.375 e. The maximum absolute atomic E-state index is 8.18. The molecule has 42 valence electrons. The SMILES string of the molecule is CCC(C)=NCO. The van der Waals surface area contributed by atoms with Crippen molar-refractivity contribution in [3.8, 4) is 0 Å². The molecule has 0 unspecified atom stereocenters. The van der Waals surface area contributed by atoms with Crippen LogP contribution in [0.2, 0.25) is 0 Å². The van der Waals surface area contributed by atoms with Gasteiger partial charge in [-0.1, -0.05) is 6.92 Å². The molecule has 0 aliphatic carbocycles. The van der Waals surface area contributed by atoms with Crippen molar-refractivity contribution in [2.45, 2.75) is 20.3 Å². The molecule has 0 atom stereocenters. The van der Waals surface area contributed by atoms with Crippen LogP contribution in [0.25, 0.3) is 0 Å². The van der Waals surface area contributed by atoms with E-state index >= 15 is 0 Å². The molecule has 0 aliphatic heterocycles. The lowest BCUT2D eigenvalue weighted by Crippen LogP contribution is -1.88. The van der Waals surface area contributed by atoms with E-state index in [0.29, 0.717) is 0 Å². The van der Waals surface area contributed by atoms with E-state index in [-0.39, 0.29) is 6.73 Å². The molecule has 0 saturated carbocycles. The molecule has 0 saturated heterocycles. The highest BCUT2D eigenvalue weighted by Gasteiger charge is 1.78. The summed E-state index contributed by atoms with van der Waals surface area (Å²) in [7, 11) is 0. The predicted octanol–water partition coefficient (Wildman–Crippen LogP) is 0.807. The van der Waals surface area contributed by atoms with E-state index in [1.165, 1.54) is 0 Å². The zero-order chi connectivity index (χ0) is 5.70. The maximum Gasteiger partial charge on any atom is 0.134 e. The van der Waals surface area contributed by atoms with Crippen molar-refractivity contribution >= 4 is 5.71 Å². The zero-order valence-corrected chi connectivity index (χ0v) is 4.81. The van der Waals surface area contributed by atoms with Crippen LogP contribution in [0.4, 0.5) is 0 Å². The molecule has 2 nitrogen and oxygen atoms in total. The first-order chi connectivity index (χ1) is 3.31. The predicted molar refractivity (Wildman–Crippen MR) is 30.5 cm³/mol. The van der Waals surface area contributed by atoms with Crippen LogP contribution in [0.15, 0.2) is 4.99 Å². The van der Waals surface area contributed by atoms with Gasteiger partial charge in [0.05, 0.1) is 0 Å². The second kappa shape index (κ2) is 3.81. The molecule has 0 bridgehead atoms. The normalized spacial score (nSPS) is 12.1. The van der Waals surface area contributed by atoms with Crippen LogP contribution in [0.1, 0.15) is 20.3 Å². The Morgan fingerprint density at radius 3 is 2.43 bits per heavy atom. The molecule has 0 spiro atoms. The summed E-state index contributed by atoms with van der Waals surface area (Å²) in [4.78, 5) is 3.72. The molecular weight excluding hydrogens is 90.1 g/mol. The highest BCUT2D eigenvalue weighted by molar-refractivity contribution is 5.81. The molecule has 0 aromatic carbocycles. The van der Waals surface area contributed by atoms with Crippen molar-refractivity contribution in [3.63, 3.8) is 0 Å². The van der Waals surface area contributed by atoms with Gasteiger partial charge < -0.3 is 5.11 Å². The fourth-order valence-electron chi connectivity index (χ4n) is 0.233. The Morgan fingerprint density at radius 2 is 2.29 bits per heavy atom. The smallest absolute Gasteiger partial charge is 0.134 e. The number of aliphatic hydroxyl groups excluding tert-OH is 1. The van der Waals surface area contributed by atoms with E-state index in [9.17, 15) is 0 Å². The van der Waals surface area contributed by atoms with Gasteiger partial charge in [0, 0.05) is 5.71 Å². The minimum absolute atomic E-state index is 0.0698. The minimum Gasteiger partial charge on any atom is -0.375 e. The van der Waals surface area contributed by atoms with Crippen molar-refractivity contribution in [2.75, 3.05) is 6.73 Å². The summed E-state index contributed by atoms with van der Waals surface area (Å²) in [5.41, 5.74) is 1.00. The first-order valence-electron chi connectivity index (χ1n) is 2.42. The van der Waals surface area contributed by atoms with Crippen LogP contribution >= 0.6 is 0 Å². The molecule has 0 rings (SSSR count). The third-order valence-corrected chi connectivity index (χ3v) is 0.852. The fourth-order valence-corrected chi connectivity index (χ4v) is 0.233. The third kappa shape index (κ3) is 3.46. The summed E-state index contributed by atoms with van der Waals surface area (Å²) >= 11 is 0. The standard InChI is InChI=1S/C5H11NO/c1-3-5(2)6-4-7/h7H,3-4H2,1-2H3. The second-order valence-electron chi connectivity index (χ2n) is 1.39. The van der Waals surface area contributed by atoms with E-state index in [4.69, 9.17) is 5.11 Å². The lowest BCUT2D eigenvalue weighted by molar-refractivity contribution is 0.309. The van der Waals surface area contributed by atoms with E-state index in [2.05, 4.69) is 4.99 Å². The first-order valence-corrected chi connectivity index (χ1v) is 2.42. The average molecular weight is 101 g/mol. The van der Waals surface area contributed by atoms with Gasteiger partial charge in [0.25, 0.3) is 0 Å². The number of aliphatic imine (C=N–C) groups is 1. The van der Waals surface area contributed by atoms with E-state index in [0.717, 1.165) is 12.1 Å². The molecule has 0 radical (unpaired) electrons. The summed E-state index contributed by atoms with van der Waals surface area (Å²) in [6.45, 7) is 3.84. The van der Waals surface area contributed by atoms with Gasteiger partial charge in [-0.15, -0.1) is 0 Å². The second-order valence-corrected chi connectivity index (χ2v) is 1.39. The third-order valence-electron chi connectivity index (χ3n) is 0.852. The van der Waals surface area contributed by atoms with Crippen LogP contribution in [0.5, 0.6) is 0 Å². The lowest BCUT2D eigenvalue weighted by Gasteiger charge is -1.87. The summed E-state index contributed by atoms with van der Waals surface area (Å²) in [6, 6.07) is 0. The number of hydrogen-bond acceptors (Lipinski definition) is 2. The minimum atomic E-state index is -0.0698. The Kier molecular flexibility index (Phi) is 3.61. The number of nitrogens with zero attached hydrogens (tertiary/aromatic N) is 1. The maximum atomic E-state index is 8.18. The van der Waals surface area contributed by atoms with Crippen molar-refractivity contribution in [1.29, 1.82) is 0 Å².